The lowest BCUT2D eigenvalue weighted by atomic mass is 9.87. The molecule has 11 nitrogen and oxygen atoms in total. The largest absolute Gasteiger partial charge is 0.448 e. The van der Waals surface area contributed by atoms with Gasteiger partial charge in [0.2, 0.25) is 5.91 Å². The summed E-state index contributed by atoms with van der Waals surface area (Å²) in [6, 6.07) is 24.3. The van der Waals surface area contributed by atoms with Crippen LogP contribution in [-0.4, -0.2) is 95.7 Å². The lowest BCUT2D eigenvalue weighted by molar-refractivity contribution is -0.141. The molecule has 0 spiro atoms. The summed E-state index contributed by atoms with van der Waals surface area (Å²) in [5.41, 5.74) is 6.46. The molecule has 13 heteroatoms. The Balaban J connectivity index is 0.00000497. The van der Waals surface area contributed by atoms with Crippen molar-refractivity contribution in [2.75, 3.05) is 57.8 Å². The van der Waals surface area contributed by atoms with Crippen molar-refractivity contribution < 1.29 is 28.5 Å². The Morgan fingerprint density at radius 3 is 2.00 bits per heavy atom. The van der Waals surface area contributed by atoms with Crippen molar-refractivity contribution in [3.8, 4) is 16.9 Å². The van der Waals surface area contributed by atoms with Gasteiger partial charge in [-0.2, -0.15) is 13.5 Å². The Kier molecular flexibility index (Phi) is 12.7. The van der Waals surface area contributed by atoms with E-state index in [1.54, 1.807) is 16.3 Å². The van der Waals surface area contributed by atoms with Crippen LogP contribution in [0.3, 0.4) is 0 Å². The molecule has 290 valence electrons. The van der Waals surface area contributed by atoms with Crippen LogP contribution in [0.15, 0.2) is 72.8 Å². The van der Waals surface area contributed by atoms with Gasteiger partial charge in [-0.1, -0.05) is 62.4 Å². The van der Waals surface area contributed by atoms with E-state index in [-0.39, 0.29) is 57.9 Å². The quantitative estimate of drug-likeness (QED) is 0.106. The van der Waals surface area contributed by atoms with Crippen molar-refractivity contribution >= 4 is 49.3 Å². The monoisotopic (exact) mass is 775 g/mol. The fourth-order valence-corrected chi connectivity index (χ4v) is 9.62. The summed E-state index contributed by atoms with van der Waals surface area (Å²) < 4.78 is 13.6. The number of likely N-dealkylation sites (N-methyl/N-ethyl adjacent to an activating group) is 1. The van der Waals surface area contributed by atoms with Gasteiger partial charge in [0, 0.05) is 63.8 Å². The van der Waals surface area contributed by atoms with E-state index in [9.17, 15) is 19.6 Å². The number of hydrogen-bond acceptors (Lipinski definition) is 9. The molecule has 2 unspecified atom stereocenters. The maximum Gasteiger partial charge on any atom is 0.409 e. The number of piperidine rings is 3. The van der Waals surface area contributed by atoms with Crippen molar-refractivity contribution in [1.29, 1.82) is 0 Å². The number of ether oxygens (including phenoxy) is 1. The first-order chi connectivity index (χ1) is 25.7. The maximum atomic E-state index is 13.3. The molecule has 4 aliphatic rings. The second kappa shape index (κ2) is 17.3. The number of fused-ring (bicyclic) bond motifs is 3. The van der Waals surface area contributed by atoms with Crippen LogP contribution in [0.1, 0.15) is 63.0 Å². The predicted octanol–water partition coefficient (Wildman–Crippen LogP) is 6.68. The van der Waals surface area contributed by atoms with Gasteiger partial charge in [-0.25, -0.2) is 14.6 Å². The number of carbonyl (C=O) groups excluding carboxylic acids is 3. The van der Waals surface area contributed by atoms with Gasteiger partial charge in [-0.05, 0) is 90.5 Å². The molecule has 1 aliphatic carbocycles. The lowest BCUT2D eigenvalue weighted by Gasteiger charge is -2.43. The van der Waals surface area contributed by atoms with Crippen LogP contribution in [0.2, 0.25) is 0 Å². The van der Waals surface area contributed by atoms with Gasteiger partial charge in [0.15, 0.2) is 0 Å². The molecule has 0 aromatic heterocycles. The number of anilines is 1. The summed E-state index contributed by atoms with van der Waals surface area (Å²) in [7, 11) is 1.76. The Morgan fingerprint density at radius 1 is 0.852 bits per heavy atom. The zero-order valence-electron chi connectivity index (χ0n) is 31.4. The van der Waals surface area contributed by atoms with Crippen LogP contribution in [0.4, 0.5) is 10.5 Å². The Morgan fingerprint density at radius 2 is 1.43 bits per heavy atom. The first-order valence-electron chi connectivity index (χ1n) is 18.9. The summed E-state index contributed by atoms with van der Waals surface area (Å²) in [4.78, 5) is 45.7. The Hall–Kier alpha value is -3.91. The molecule has 3 amide bonds. The summed E-state index contributed by atoms with van der Waals surface area (Å²) in [6.45, 7) is 8.69. The number of amides is 3. The zero-order chi connectivity index (χ0) is 37.1. The van der Waals surface area contributed by atoms with Gasteiger partial charge in [0.1, 0.15) is 30.1 Å². The van der Waals surface area contributed by atoms with Crippen molar-refractivity contribution in [2.45, 2.75) is 57.4 Å². The maximum absolute atomic E-state index is 13.3. The van der Waals surface area contributed by atoms with Gasteiger partial charge in [-0.15, -0.1) is 0 Å². The number of hydrogen-bond donors (Lipinski definition) is 2. The molecule has 2 N–H and O–H groups in total. The Labute approximate surface area is 330 Å². The third kappa shape index (κ3) is 8.19. The average Bonchev–Trinajstić information content (AvgIpc) is 3.51. The number of carbonyl (C=O) groups is 3. The number of hydroxylamine groups is 1. The van der Waals surface area contributed by atoms with E-state index in [0.29, 0.717) is 23.5 Å². The molecular weight excluding hydrogens is 723 g/mol. The zero-order valence-corrected chi connectivity index (χ0v) is 33.2. The van der Waals surface area contributed by atoms with Gasteiger partial charge in [0.25, 0.3) is 5.91 Å². The van der Waals surface area contributed by atoms with Crippen LogP contribution >= 0.6 is 25.7 Å². The Bertz CT molecular complexity index is 1720. The molecule has 3 heterocycles. The fourth-order valence-electron chi connectivity index (χ4n) is 8.90. The van der Waals surface area contributed by atoms with Gasteiger partial charge in [-0.3, -0.25) is 14.8 Å². The smallest absolute Gasteiger partial charge is 0.409 e. The highest BCUT2D eigenvalue weighted by Gasteiger charge is 2.47. The van der Waals surface area contributed by atoms with Crippen LogP contribution in [0.25, 0.3) is 11.1 Å². The molecule has 3 aromatic carbocycles. The van der Waals surface area contributed by atoms with Gasteiger partial charge < -0.3 is 23.6 Å². The topological polar surface area (TPSA) is 115 Å². The molecule has 7 rings (SSSR count). The molecule has 0 saturated carbocycles. The van der Waals surface area contributed by atoms with Gasteiger partial charge >= 0.3 is 6.09 Å². The molecule has 3 saturated heterocycles. The van der Waals surface area contributed by atoms with E-state index in [1.807, 2.05) is 54.0 Å². The van der Waals surface area contributed by atoms with Crippen LogP contribution in [-0.2, 0) is 14.3 Å². The van der Waals surface area contributed by atoms with Crippen LogP contribution < -0.4 is 14.6 Å². The molecule has 3 aromatic rings. The van der Waals surface area contributed by atoms with Crippen LogP contribution in [0.5, 0.6) is 5.75 Å². The lowest BCUT2D eigenvalue weighted by Crippen LogP contribution is -2.60. The van der Waals surface area contributed by atoms with E-state index >= 15 is 0 Å². The minimum Gasteiger partial charge on any atom is -0.448 e. The molecule has 3 fully saturated rings. The van der Waals surface area contributed by atoms with Crippen LogP contribution in [0, 0.1) is 17.8 Å². The third-order valence-corrected chi connectivity index (χ3v) is 12.6. The number of nitrogens with one attached hydrogen (secondary N) is 1. The molecule has 2 atom stereocenters. The van der Waals surface area contributed by atoms with E-state index in [0.717, 1.165) is 68.1 Å². The molecule has 3 aliphatic heterocycles. The summed E-state index contributed by atoms with van der Waals surface area (Å²) in [5.74, 6) is 1.58. The highest BCUT2D eigenvalue weighted by molar-refractivity contribution is 7.92. The number of benzene rings is 3. The van der Waals surface area contributed by atoms with E-state index in [1.165, 1.54) is 17.5 Å². The average molecular weight is 776 g/mol. The number of likely N-dealkylation sites (tertiary alicyclic amines) is 2. The summed E-state index contributed by atoms with van der Waals surface area (Å²) in [5, 5.41) is 9.71. The van der Waals surface area contributed by atoms with Crippen molar-refractivity contribution in [3.63, 3.8) is 0 Å². The van der Waals surface area contributed by atoms with Crippen molar-refractivity contribution in [3.05, 3.63) is 83.9 Å². The van der Waals surface area contributed by atoms with Gasteiger partial charge in [0.05, 0.1) is 0 Å². The SMILES string of the molecule is CC1CC(C)CN(C(=O)C2CCN(c3ccc(OSN(C)C4(C(=O)NO)CCN(C(=O)OCC5c6ccccc6-c6ccccc65)CC4)cc3)CC2)C1.S. The van der Waals surface area contributed by atoms with Crippen molar-refractivity contribution in [1.82, 2.24) is 19.6 Å². The van der Waals surface area contributed by atoms with E-state index in [4.69, 9.17) is 8.92 Å². The standard InChI is InChI=1S/C41H51N5O6S.H2S/c1-28-24-29(2)26-46(25-28)38(47)30-16-20-44(21-17-30)31-12-14-32(15-13-31)52-53-43(3)41(39(48)42-50)18-22-45(23-19-41)40(49)51-27-37-35-10-6-4-8-33(35)34-9-5-7-11-36(34)37;/h4-15,28-30,37,50H,16-27H2,1-3H3,(H,42,48);1H2. The minimum absolute atomic E-state index is 0. The normalized spacial score (nSPS) is 21.2. The van der Waals surface area contributed by atoms with E-state index in [2.05, 4.69) is 47.9 Å². The first kappa shape index (κ1) is 39.8. The fraction of sp³-hybridized carbons (Fsp3) is 0.488. The second-order valence-corrected chi connectivity index (χ2v) is 16.2. The molecule has 0 radical (unpaired) electrons. The highest BCUT2D eigenvalue weighted by atomic mass is 32.2. The highest BCUT2D eigenvalue weighted by Crippen LogP contribution is 2.45. The molecule has 0 bridgehead atoms. The first-order valence-corrected chi connectivity index (χ1v) is 19.6. The summed E-state index contributed by atoms with van der Waals surface area (Å²) in [6.07, 6.45) is 3.04. The van der Waals surface area contributed by atoms with E-state index < -0.39 is 17.5 Å². The third-order valence-electron chi connectivity index (χ3n) is 11.8. The molecule has 54 heavy (non-hydrogen) atoms. The predicted molar refractivity (Wildman–Crippen MR) is 216 cm³/mol. The number of nitrogens with zero attached hydrogens (tertiary/aromatic N) is 4. The molecular formula is C41H53N5O6S2. The minimum atomic E-state index is -1.11. The summed E-state index contributed by atoms with van der Waals surface area (Å²) >= 11 is 1.03. The van der Waals surface area contributed by atoms with Crippen molar-refractivity contribution in [2.24, 2.45) is 17.8 Å². The number of rotatable bonds is 9. The second-order valence-electron chi connectivity index (χ2n) is 15.4.